The smallest absolute Gasteiger partial charge is 0.488 e. The summed E-state index contributed by atoms with van der Waals surface area (Å²) >= 11 is 0. The van der Waals surface area contributed by atoms with E-state index in [1.807, 2.05) is 12.7 Å². The molecule has 2 fully saturated rings. The molecular weight excluding hydrogens is 816 g/mol. The van der Waals surface area contributed by atoms with Gasteiger partial charge in [-0.25, -0.2) is 15.0 Å². The topological polar surface area (TPSA) is 112 Å². The summed E-state index contributed by atoms with van der Waals surface area (Å²) in [4.78, 5) is 22.3. The van der Waals surface area contributed by atoms with E-state index < -0.39 is 18.1 Å². The molecule has 0 radical (unpaired) electrons. The quantitative estimate of drug-likeness (QED) is 0.200. The SMILES string of the molecule is CC(=O)O.CC(C)[C@@H]1CC[C@@H](C)C[C@H]1N1[CH-]N(Cc2ccccc2)C=N1.CC(C)[C@@H]1CC[C@@H](C)C[C@H]1N1[CH-]N(Cc2ccccc2)C=N1.O=C(O)C(F)(F)F.[Pd+2]. The Morgan fingerprint density at radius 2 is 1.04 bits per heavy atom. The molecule has 2 N–H and O–H groups in total. The molecule has 2 saturated carbocycles. The van der Waals surface area contributed by atoms with Crippen LogP contribution in [0.2, 0.25) is 0 Å². The summed E-state index contributed by atoms with van der Waals surface area (Å²) in [5.41, 5.74) is 2.65. The summed E-state index contributed by atoms with van der Waals surface area (Å²) in [5, 5.41) is 28.4. The van der Waals surface area contributed by atoms with Crippen LogP contribution in [0.1, 0.15) is 98.1 Å². The van der Waals surface area contributed by atoms with E-state index >= 15 is 0 Å². The maximum absolute atomic E-state index is 10.6. The number of alkyl halides is 3. The average molecular weight is 877 g/mol. The third-order valence-electron chi connectivity index (χ3n) is 10.5. The van der Waals surface area contributed by atoms with Crippen LogP contribution in [0.15, 0.2) is 70.9 Å². The maximum Gasteiger partial charge on any atom is 2.00 e. The van der Waals surface area contributed by atoms with Gasteiger partial charge in [0, 0.05) is 32.1 Å². The van der Waals surface area contributed by atoms with E-state index in [9.17, 15) is 13.2 Å². The molecular formula is C42H61F3N6O4Pd. The van der Waals surface area contributed by atoms with Crippen LogP contribution in [-0.4, -0.2) is 72.9 Å². The van der Waals surface area contributed by atoms with Gasteiger partial charge in [0.25, 0.3) is 5.97 Å². The molecule has 10 nitrogen and oxygen atoms in total. The molecule has 0 amide bonds. The van der Waals surface area contributed by atoms with Crippen molar-refractivity contribution in [3.05, 3.63) is 85.1 Å². The van der Waals surface area contributed by atoms with Crippen molar-refractivity contribution < 1.29 is 53.4 Å². The fraction of sp³-hybridized carbons (Fsp3) is 0.571. The van der Waals surface area contributed by atoms with Crippen molar-refractivity contribution in [1.82, 2.24) is 19.8 Å². The van der Waals surface area contributed by atoms with Crippen LogP contribution in [0.5, 0.6) is 0 Å². The Bertz CT molecular complexity index is 1400. The third-order valence-corrected chi connectivity index (χ3v) is 10.5. The minimum Gasteiger partial charge on any atom is -0.488 e. The molecule has 6 atom stereocenters. The van der Waals surface area contributed by atoms with E-state index in [1.165, 1.54) is 49.7 Å². The van der Waals surface area contributed by atoms with Crippen molar-refractivity contribution in [2.24, 2.45) is 45.7 Å². The van der Waals surface area contributed by atoms with E-state index in [1.54, 1.807) is 0 Å². The fourth-order valence-electron chi connectivity index (χ4n) is 7.68. The molecule has 2 aliphatic heterocycles. The molecule has 2 heterocycles. The van der Waals surface area contributed by atoms with Gasteiger partial charge in [0.2, 0.25) is 0 Å². The minimum atomic E-state index is -5.08. The van der Waals surface area contributed by atoms with E-state index in [-0.39, 0.29) is 20.4 Å². The zero-order valence-electron chi connectivity index (χ0n) is 33.7. The van der Waals surface area contributed by atoms with Gasteiger partial charge in [0.1, 0.15) is 0 Å². The number of hydrogen-bond donors (Lipinski definition) is 2. The number of hydrazone groups is 2. The van der Waals surface area contributed by atoms with Crippen LogP contribution in [0, 0.1) is 48.8 Å². The molecule has 2 aromatic rings. The van der Waals surface area contributed by atoms with Gasteiger partial charge < -0.3 is 30.0 Å². The molecule has 0 saturated heterocycles. The van der Waals surface area contributed by atoms with Crippen molar-refractivity contribution in [2.45, 2.75) is 118 Å². The number of benzene rings is 2. The van der Waals surface area contributed by atoms with E-state index in [4.69, 9.17) is 19.8 Å². The van der Waals surface area contributed by atoms with Gasteiger partial charge in [-0.3, -0.25) is 4.79 Å². The number of nitrogens with zero attached hydrogens (tertiary/aromatic N) is 6. The molecule has 4 aliphatic rings. The van der Waals surface area contributed by atoms with Gasteiger partial charge in [-0.2, -0.15) is 13.2 Å². The molecule has 6 rings (SSSR count). The summed E-state index contributed by atoms with van der Waals surface area (Å²) < 4.78 is 31.7. The predicted molar refractivity (Wildman–Crippen MR) is 210 cm³/mol. The first kappa shape index (κ1) is 48.5. The summed E-state index contributed by atoms with van der Waals surface area (Å²) in [5.74, 6) is 0.988. The Morgan fingerprint density at radius 1 is 0.714 bits per heavy atom. The van der Waals surface area contributed by atoms with Gasteiger partial charge in [0.15, 0.2) is 0 Å². The zero-order chi connectivity index (χ0) is 40.7. The Kier molecular flexibility index (Phi) is 20.4. The number of carboxylic acids is 2. The predicted octanol–water partition coefficient (Wildman–Crippen LogP) is 9.38. The van der Waals surface area contributed by atoms with Crippen LogP contribution in [-0.2, 0) is 43.1 Å². The fourth-order valence-corrected chi connectivity index (χ4v) is 7.68. The van der Waals surface area contributed by atoms with Crippen LogP contribution >= 0.6 is 0 Å². The Labute approximate surface area is 345 Å². The normalized spacial score (nSPS) is 24.4. The Balaban J connectivity index is 0.000000302. The first-order valence-electron chi connectivity index (χ1n) is 19.4. The largest absolute Gasteiger partial charge is 2.00 e. The number of halogens is 3. The van der Waals surface area contributed by atoms with Gasteiger partial charge >= 0.3 is 32.6 Å². The van der Waals surface area contributed by atoms with E-state index in [2.05, 4.69) is 146 Å². The molecule has 0 bridgehead atoms. The molecule has 0 unspecified atom stereocenters. The molecule has 0 spiro atoms. The molecule has 14 heteroatoms. The van der Waals surface area contributed by atoms with Crippen LogP contribution in [0.25, 0.3) is 0 Å². The van der Waals surface area contributed by atoms with Crippen LogP contribution in [0.4, 0.5) is 13.2 Å². The average Bonchev–Trinajstić information content (AvgIpc) is 3.79. The van der Waals surface area contributed by atoms with Crippen molar-refractivity contribution >= 4 is 24.6 Å². The van der Waals surface area contributed by atoms with Crippen LogP contribution in [0.3, 0.4) is 0 Å². The molecule has 314 valence electrons. The Morgan fingerprint density at radius 3 is 1.32 bits per heavy atom. The number of carbonyl (C=O) groups is 2. The van der Waals surface area contributed by atoms with Crippen molar-refractivity contribution in [3.8, 4) is 0 Å². The summed E-state index contributed by atoms with van der Waals surface area (Å²) in [7, 11) is 0. The van der Waals surface area contributed by atoms with Gasteiger partial charge in [-0.1, -0.05) is 115 Å². The Hall–Kier alpha value is -3.63. The molecule has 2 aromatic carbocycles. The number of aliphatic carboxylic acids is 2. The van der Waals surface area contributed by atoms with E-state index in [0.717, 1.165) is 55.5 Å². The van der Waals surface area contributed by atoms with Gasteiger partial charge in [0.05, 0.1) is 12.7 Å². The molecule has 0 aromatic heterocycles. The van der Waals surface area contributed by atoms with Crippen molar-refractivity contribution in [3.63, 3.8) is 0 Å². The number of carboxylic acid groups (broad SMARTS) is 2. The maximum atomic E-state index is 10.6. The van der Waals surface area contributed by atoms with Gasteiger partial charge in [-0.05, 0) is 72.3 Å². The second kappa shape index (κ2) is 23.6. The standard InChI is InChI=1S/2C19H28N3.C2HF3O2.C2H4O2.Pd/c2*1-15(2)18-10-9-16(3)11-19(18)22-14-21(13-20-22)12-17-7-5-4-6-8-17;3-2(4,5)1(6)7;1-2(3)4;/h2*4-8,13-16,18-19H,9-12H2,1-3H3;(H,6,7);1H3,(H,3,4);/q2*-1;;;+2/t2*16-,18+,19-;;;/m11.../s1. The van der Waals surface area contributed by atoms with Crippen molar-refractivity contribution in [1.29, 1.82) is 0 Å². The van der Waals surface area contributed by atoms with E-state index in [0.29, 0.717) is 12.1 Å². The van der Waals surface area contributed by atoms with Crippen molar-refractivity contribution in [2.75, 3.05) is 0 Å². The minimum absolute atomic E-state index is 0. The molecule has 2 aliphatic carbocycles. The zero-order valence-corrected chi connectivity index (χ0v) is 35.3. The first-order valence-corrected chi connectivity index (χ1v) is 19.4. The summed E-state index contributed by atoms with van der Waals surface area (Å²) in [6.07, 6.45) is 6.79. The molecule has 56 heavy (non-hydrogen) atoms. The first-order chi connectivity index (χ1) is 25.9. The third kappa shape index (κ3) is 16.5. The summed E-state index contributed by atoms with van der Waals surface area (Å²) in [6.45, 7) is 21.5. The monoisotopic (exact) mass is 876 g/mol. The van der Waals surface area contributed by atoms with Gasteiger partial charge in [-0.15, -0.1) is 13.3 Å². The second-order valence-corrected chi connectivity index (χ2v) is 15.9. The van der Waals surface area contributed by atoms with Crippen LogP contribution < -0.4 is 0 Å². The number of hydrogen-bond acceptors (Lipinski definition) is 8. The number of rotatable bonds is 8. The second-order valence-electron chi connectivity index (χ2n) is 15.9. The summed E-state index contributed by atoms with van der Waals surface area (Å²) in [6, 6.07) is 22.3.